The van der Waals surface area contributed by atoms with Crippen molar-refractivity contribution in [3.63, 3.8) is 0 Å². The van der Waals surface area contributed by atoms with Gasteiger partial charge in [-0.3, -0.25) is 9.59 Å². The number of hydrogen-bond donors (Lipinski definition) is 2. The highest BCUT2D eigenvalue weighted by Gasteiger charge is 2.19. The number of hydrogen-bond acceptors (Lipinski definition) is 4. The Morgan fingerprint density at radius 1 is 1.14 bits per heavy atom. The summed E-state index contributed by atoms with van der Waals surface area (Å²) >= 11 is 0. The topological polar surface area (TPSA) is 92.4 Å². The van der Waals surface area contributed by atoms with Gasteiger partial charge in [0.2, 0.25) is 11.8 Å². The molecule has 3 aromatic rings. The Bertz CT molecular complexity index is 1010. The molecule has 150 valence electrons. The highest BCUT2D eigenvalue weighted by atomic mass is 16.4. The first-order valence-electron chi connectivity index (χ1n) is 9.39. The van der Waals surface area contributed by atoms with E-state index in [0.717, 1.165) is 11.1 Å². The Kier molecular flexibility index (Phi) is 5.82. The number of carboxylic acids is 1. The molecule has 0 aliphatic heterocycles. The number of aliphatic carboxylic acids is 1. The maximum atomic E-state index is 12.4. The predicted octanol–water partition coefficient (Wildman–Crippen LogP) is 4.47. The Hall–Kier alpha value is -3.41. The van der Waals surface area contributed by atoms with Gasteiger partial charge in [0.25, 0.3) is 0 Å². The first kappa shape index (κ1) is 20.3. The molecule has 0 fully saturated rings. The molecule has 3 rings (SSSR count). The van der Waals surface area contributed by atoms with Crippen molar-refractivity contribution in [3.05, 3.63) is 71.6 Å². The lowest BCUT2D eigenvalue weighted by Gasteiger charge is -2.21. The molecule has 0 bridgehead atoms. The number of benzene rings is 2. The minimum Gasteiger partial charge on any atom is -0.481 e. The SMILES string of the molecule is CC(C)(C)c1ccc(C(CC(=O)O)NC(=O)C=Cc2nc3ccccc3o2)cc1. The fourth-order valence-corrected chi connectivity index (χ4v) is 2.97. The maximum absolute atomic E-state index is 12.4. The van der Waals surface area contributed by atoms with Crippen molar-refractivity contribution in [2.45, 2.75) is 38.6 Å². The van der Waals surface area contributed by atoms with Crippen molar-refractivity contribution < 1.29 is 19.1 Å². The van der Waals surface area contributed by atoms with Crippen molar-refractivity contribution in [2.75, 3.05) is 0 Å². The molecule has 1 unspecified atom stereocenters. The highest BCUT2D eigenvalue weighted by Crippen LogP contribution is 2.25. The third kappa shape index (κ3) is 5.31. The van der Waals surface area contributed by atoms with Crippen molar-refractivity contribution in [3.8, 4) is 0 Å². The Balaban J connectivity index is 1.73. The normalized spacial score (nSPS) is 12.9. The smallest absolute Gasteiger partial charge is 0.305 e. The minimum absolute atomic E-state index is 0.00755. The average molecular weight is 392 g/mol. The van der Waals surface area contributed by atoms with E-state index >= 15 is 0 Å². The fraction of sp³-hybridized carbons (Fsp3) is 0.261. The van der Waals surface area contributed by atoms with Gasteiger partial charge < -0.3 is 14.8 Å². The number of amides is 1. The van der Waals surface area contributed by atoms with Gasteiger partial charge in [-0.25, -0.2) is 4.98 Å². The first-order chi connectivity index (χ1) is 13.7. The van der Waals surface area contributed by atoms with Crippen LogP contribution in [0.5, 0.6) is 0 Å². The number of carboxylic acid groups (broad SMARTS) is 1. The number of carbonyl (C=O) groups is 2. The number of para-hydroxylation sites is 2. The number of nitrogens with one attached hydrogen (secondary N) is 1. The molecule has 6 nitrogen and oxygen atoms in total. The number of rotatable bonds is 6. The maximum Gasteiger partial charge on any atom is 0.305 e. The van der Waals surface area contributed by atoms with Crippen LogP contribution in [0.15, 0.2) is 59.0 Å². The Labute approximate surface area is 169 Å². The van der Waals surface area contributed by atoms with Crippen LogP contribution in [0, 0.1) is 0 Å². The van der Waals surface area contributed by atoms with Gasteiger partial charge in [0.15, 0.2) is 5.58 Å². The quantitative estimate of drug-likeness (QED) is 0.604. The molecule has 1 heterocycles. The van der Waals surface area contributed by atoms with E-state index in [1.807, 2.05) is 42.5 Å². The predicted molar refractivity (Wildman–Crippen MR) is 111 cm³/mol. The number of aromatic nitrogens is 1. The lowest BCUT2D eigenvalue weighted by atomic mass is 9.86. The zero-order valence-electron chi connectivity index (χ0n) is 16.7. The Morgan fingerprint density at radius 3 is 2.45 bits per heavy atom. The summed E-state index contributed by atoms with van der Waals surface area (Å²) in [5.41, 5.74) is 3.21. The molecular weight excluding hydrogens is 368 g/mol. The van der Waals surface area contributed by atoms with E-state index in [9.17, 15) is 14.7 Å². The first-order valence-corrected chi connectivity index (χ1v) is 9.39. The molecule has 1 amide bonds. The average Bonchev–Trinajstić information content (AvgIpc) is 3.08. The molecule has 0 saturated heterocycles. The van der Waals surface area contributed by atoms with Crippen LogP contribution in [0.1, 0.15) is 50.3 Å². The molecule has 1 atom stereocenters. The van der Waals surface area contributed by atoms with Crippen LogP contribution < -0.4 is 5.32 Å². The molecular formula is C23H24N2O4. The number of fused-ring (bicyclic) bond motifs is 1. The van der Waals surface area contributed by atoms with Gasteiger partial charge >= 0.3 is 5.97 Å². The molecule has 0 aliphatic rings. The fourth-order valence-electron chi connectivity index (χ4n) is 2.97. The van der Waals surface area contributed by atoms with E-state index in [0.29, 0.717) is 17.0 Å². The lowest BCUT2D eigenvalue weighted by molar-refractivity contribution is -0.137. The van der Waals surface area contributed by atoms with E-state index in [1.165, 1.54) is 12.2 Å². The summed E-state index contributed by atoms with van der Waals surface area (Å²) in [7, 11) is 0. The number of oxazole rings is 1. The second-order valence-electron chi connectivity index (χ2n) is 7.88. The Morgan fingerprint density at radius 2 is 1.83 bits per heavy atom. The molecule has 0 saturated carbocycles. The lowest BCUT2D eigenvalue weighted by Crippen LogP contribution is -2.28. The largest absolute Gasteiger partial charge is 0.481 e. The summed E-state index contributed by atoms with van der Waals surface area (Å²) < 4.78 is 5.55. The van der Waals surface area contributed by atoms with Gasteiger partial charge in [0.1, 0.15) is 5.52 Å². The van der Waals surface area contributed by atoms with Crippen LogP contribution in [0.2, 0.25) is 0 Å². The van der Waals surface area contributed by atoms with Crippen molar-refractivity contribution >= 4 is 29.1 Å². The highest BCUT2D eigenvalue weighted by molar-refractivity contribution is 5.92. The molecule has 1 aromatic heterocycles. The number of carbonyl (C=O) groups excluding carboxylic acids is 1. The molecule has 29 heavy (non-hydrogen) atoms. The standard InChI is InChI=1S/C23H24N2O4/c1-23(2,3)16-10-8-15(9-11-16)18(14-22(27)28)24-20(26)12-13-21-25-17-6-4-5-7-19(17)29-21/h4-13,18H,14H2,1-3H3,(H,24,26)(H,27,28). The third-order valence-corrected chi connectivity index (χ3v) is 4.56. The van der Waals surface area contributed by atoms with Crippen LogP contribution in [0.3, 0.4) is 0 Å². The van der Waals surface area contributed by atoms with Gasteiger partial charge in [0, 0.05) is 12.2 Å². The van der Waals surface area contributed by atoms with Gasteiger partial charge in [-0.2, -0.15) is 0 Å². The van der Waals surface area contributed by atoms with E-state index in [2.05, 4.69) is 31.1 Å². The molecule has 0 spiro atoms. The van der Waals surface area contributed by atoms with E-state index < -0.39 is 17.9 Å². The number of nitrogens with zero attached hydrogens (tertiary/aromatic N) is 1. The molecule has 2 N–H and O–H groups in total. The summed E-state index contributed by atoms with van der Waals surface area (Å²) in [6.45, 7) is 6.32. The summed E-state index contributed by atoms with van der Waals surface area (Å²) in [5.74, 6) is -1.10. The zero-order valence-corrected chi connectivity index (χ0v) is 16.7. The second-order valence-corrected chi connectivity index (χ2v) is 7.88. The molecule has 0 radical (unpaired) electrons. The van der Waals surface area contributed by atoms with Crippen LogP contribution >= 0.6 is 0 Å². The summed E-state index contributed by atoms with van der Waals surface area (Å²) in [5, 5.41) is 12.0. The zero-order chi connectivity index (χ0) is 21.0. The molecule has 0 aliphatic carbocycles. The summed E-state index contributed by atoms with van der Waals surface area (Å²) in [6, 6.07) is 14.3. The monoisotopic (exact) mass is 392 g/mol. The minimum atomic E-state index is -0.988. The van der Waals surface area contributed by atoms with Gasteiger partial charge in [0.05, 0.1) is 12.5 Å². The second kappa shape index (κ2) is 8.31. The molecule has 2 aromatic carbocycles. The van der Waals surface area contributed by atoms with Crippen LogP contribution in [-0.2, 0) is 15.0 Å². The van der Waals surface area contributed by atoms with Gasteiger partial charge in [-0.05, 0) is 28.7 Å². The van der Waals surface area contributed by atoms with Gasteiger partial charge in [-0.1, -0.05) is 57.2 Å². The van der Waals surface area contributed by atoms with E-state index in [1.54, 1.807) is 6.07 Å². The van der Waals surface area contributed by atoms with Crippen LogP contribution in [0.4, 0.5) is 0 Å². The van der Waals surface area contributed by atoms with Crippen molar-refractivity contribution in [2.24, 2.45) is 0 Å². The third-order valence-electron chi connectivity index (χ3n) is 4.56. The van der Waals surface area contributed by atoms with Gasteiger partial charge in [-0.15, -0.1) is 0 Å². The summed E-state index contributed by atoms with van der Waals surface area (Å²) in [6.07, 6.45) is 2.55. The van der Waals surface area contributed by atoms with Crippen molar-refractivity contribution in [1.82, 2.24) is 10.3 Å². The van der Waals surface area contributed by atoms with E-state index in [4.69, 9.17) is 4.42 Å². The van der Waals surface area contributed by atoms with E-state index in [-0.39, 0.29) is 11.8 Å². The van der Waals surface area contributed by atoms with Crippen LogP contribution in [-0.4, -0.2) is 22.0 Å². The van der Waals surface area contributed by atoms with Crippen molar-refractivity contribution in [1.29, 1.82) is 0 Å². The summed E-state index contributed by atoms with van der Waals surface area (Å²) in [4.78, 5) is 27.9. The van der Waals surface area contributed by atoms with Crippen LogP contribution in [0.25, 0.3) is 17.2 Å². The molecule has 6 heteroatoms.